The second-order valence-corrected chi connectivity index (χ2v) is 10.2. The minimum atomic E-state index is -4.05. The molecule has 1 aliphatic rings. The van der Waals surface area contributed by atoms with E-state index >= 15 is 0 Å². The maximum atomic E-state index is 13.8. The number of carbonyl (C=O) groups excluding carboxylic acids is 1. The molecule has 7 nitrogen and oxygen atoms in total. The SMILES string of the molecule is COc1ccc(N(CC(=O)N2c3ccccc3C[C@@H]2C)S(=O)(=O)c2ccc(C)cc2)cc1OC. The molecular weight excluding hydrogens is 452 g/mol. The summed E-state index contributed by atoms with van der Waals surface area (Å²) in [6.45, 7) is 3.50. The number of anilines is 2. The van der Waals surface area contributed by atoms with E-state index in [1.54, 1.807) is 47.4 Å². The highest BCUT2D eigenvalue weighted by molar-refractivity contribution is 7.92. The van der Waals surface area contributed by atoms with Gasteiger partial charge in [-0.1, -0.05) is 35.9 Å². The van der Waals surface area contributed by atoms with E-state index in [1.165, 1.54) is 14.2 Å². The molecule has 0 N–H and O–H groups in total. The normalized spacial score (nSPS) is 15.1. The minimum absolute atomic E-state index is 0.0702. The Morgan fingerprint density at radius 2 is 1.68 bits per heavy atom. The Hall–Kier alpha value is -3.52. The van der Waals surface area contributed by atoms with Gasteiger partial charge < -0.3 is 14.4 Å². The van der Waals surface area contributed by atoms with Crippen molar-refractivity contribution in [2.24, 2.45) is 0 Å². The lowest BCUT2D eigenvalue weighted by molar-refractivity contribution is -0.117. The van der Waals surface area contributed by atoms with Crippen molar-refractivity contribution < 1.29 is 22.7 Å². The molecule has 4 rings (SSSR count). The van der Waals surface area contributed by atoms with Gasteiger partial charge in [-0.3, -0.25) is 9.10 Å². The van der Waals surface area contributed by atoms with E-state index in [0.717, 1.165) is 27.5 Å². The zero-order chi connectivity index (χ0) is 24.5. The van der Waals surface area contributed by atoms with Crippen LogP contribution in [0.5, 0.6) is 11.5 Å². The van der Waals surface area contributed by atoms with Crippen molar-refractivity contribution in [1.29, 1.82) is 0 Å². The summed E-state index contributed by atoms with van der Waals surface area (Å²) in [4.78, 5) is 15.4. The van der Waals surface area contributed by atoms with Crippen molar-refractivity contribution >= 4 is 27.3 Å². The highest BCUT2D eigenvalue weighted by Gasteiger charge is 2.35. The molecule has 1 amide bonds. The van der Waals surface area contributed by atoms with Gasteiger partial charge in [-0.05, 0) is 56.2 Å². The number of ether oxygens (including phenoxy) is 2. The van der Waals surface area contributed by atoms with Crippen LogP contribution >= 0.6 is 0 Å². The molecule has 0 bridgehead atoms. The van der Waals surface area contributed by atoms with Gasteiger partial charge in [-0.15, -0.1) is 0 Å². The highest BCUT2D eigenvalue weighted by atomic mass is 32.2. The third-order valence-electron chi connectivity index (χ3n) is 6.02. The summed E-state index contributed by atoms with van der Waals surface area (Å²) in [5.74, 6) is 0.534. The summed E-state index contributed by atoms with van der Waals surface area (Å²) in [6, 6.07) is 19.0. The molecule has 1 atom stereocenters. The van der Waals surface area contributed by atoms with Gasteiger partial charge in [0.05, 0.1) is 24.8 Å². The molecule has 34 heavy (non-hydrogen) atoms. The third kappa shape index (κ3) is 4.33. The summed E-state index contributed by atoms with van der Waals surface area (Å²) in [6.07, 6.45) is 0.725. The number of para-hydroxylation sites is 1. The highest BCUT2D eigenvalue weighted by Crippen LogP contribution is 2.35. The number of rotatable bonds is 7. The van der Waals surface area contributed by atoms with Crippen LogP contribution in [0.2, 0.25) is 0 Å². The number of amides is 1. The fraction of sp³-hybridized carbons (Fsp3) is 0.269. The smallest absolute Gasteiger partial charge is 0.264 e. The zero-order valence-electron chi connectivity index (χ0n) is 19.7. The quantitative estimate of drug-likeness (QED) is 0.507. The average molecular weight is 481 g/mol. The third-order valence-corrected chi connectivity index (χ3v) is 7.81. The van der Waals surface area contributed by atoms with Gasteiger partial charge in [0, 0.05) is 17.8 Å². The second kappa shape index (κ2) is 9.38. The molecule has 178 valence electrons. The number of sulfonamides is 1. The molecule has 0 saturated carbocycles. The fourth-order valence-electron chi connectivity index (χ4n) is 4.28. The van der Waals surface area contributed by atoms with Crippen LogP contribution in [-0.4, -0.2) is 41.1 Å². The van der Waals surface area contributed by atoms with E-state index in [-0.39, 0.29) is 23.4 Å². The standard InChI is InChI=1S/C26H28N2O5S/c1-18-9-12-22(13-10-18)34(30,31)27(21-11-14-24(32-3)25(16-21)33-4)17-26(29)28-19(2)15-20-7-5-6-8-23(20)28/h5-14,16,19H,15,17H2,1-4H3/t19-/m0/s1. The predicted molar refractivity (Wildman–Crippen MR) is 132 cm³/mol. The first-order valence-corrected chi connectivity index (χ1v) is 12.4. The zero-order valence-corrected chi connectivity index (χ0v) is 20.5. The number of benzene rings is 3. The molecular formula is C26H28N2O5S. The molecule has 8 heteroatoms. The van der Waals surface area contributed by atoms with Gasteiger partial charge in [0.15, 0.2) is 11.5 Å². The largest absolute Gasteiger partial charge is 0.493 e. The lowest BCUT2D eigenvalue weighted by Crippen LogP contribution is -2.45. The lowest BCUT2D eigenvalue weighted by Gasteiger charge is -2.29. The number of fused-ring (bicyclic) bond motifs is 1. The van der Waals surface area contributed by atoms with Gasteiger partial charge in [0.2, 0.25) is 5.91 Å². The van der Waals surface area contributed by atoms with E-state index < -0.39 is 10.0 Å². The van der Waals surface area contributed by atoms with Crippen LogP contribution < -0.4 is 18.7 Å². The van der Waals surface area contributed by atoms with Crippen molar-refractivity contribution in [2.75, 3.05) is 30.0 Å². The lowest BCUT2D eigenvalue weighted by atomic mass is 10.1. The molecule has 1 heterocycles. The summed E-state index contributed by atoms with van der Waals surface area (Å²) < 4.78 is 39.3. The van der Waals surface area contributed by atoms with Crippen molar-refractivity contribution in [3.63, 3.8) is 0 Å². The van der Waals surface area contributed by atoms with E-state index in [1.807, 2.05) is 38.1 Å². The summed E-state index contributed by atoms with van der Waals surface area (Å²) in [7, 11) is -1.06. The molecule has 3 aromatic carbocycles. The molecule has 0 radical (unpaired) electrons. The van der Waals surface area contributed by atoms with Crippen LogP contribution in [0.25, 0.3) is 0 Å². The monoisotopic (exact) mass is 480 g/mol. The molecule has 3 aromatic rings. The van der Waals surface area contributed by atoms with Crippen molar-refractivity contribution in [1.82, 2.24) is 0 Å². The first kappa shape index (κ1) is 23.6. The molecule has 0 aliphatic carbocycles. The van der Waals surface area contributed by atoms with Crippen molar-refractivity contribution in [3.8, 4) is 11.5 Å². The predicted octanol–water partition coefficient (Wildman–Crippen LogP) is 4.19. The van der Waals surface area contributed by atoms with Gasteiger partial charge in [0.25, 0.3) is 10.0 Å². The number of hydrogen-bond acceptors (Lipinski definition) is 5. The molecule has 0 aromatic heterocycles. The Labute approximate surface area is 200 Å². The van der Waals surface area contributed by atoms with Crippen molar-refractivity contribution in [2.45, 2.75) is 31.2 Å². The minimum Gasteiger partial charge on any atom is -0.493 e. The van der Waals surface area contributed by atoms with E-state index in [0.29, 0.717) is 17.2 Å². The number of hydrogen-bond donors (Lipinski definition) is 0. The topological polar surface area (TPSA) is 76.2 Å². The van der Waals surface area contributed by atoms with Gasteiger partial charge >= 0.3 is 0 Å². The van der Waals surface area contributed by atoms with Gasteiger partial charge in [-0.25, -0.2) is 8.42 Å². The van der Waals surface area contributed by atoms with Crippen LogP contribution in [-0.2, 0) is 21.2 Å². The number of carbonyl (C=O) groups is 1. The molecule has 0 saturated heterocycles. The van der Waals surface area contributed by atoms with Gasteiger partial charge in [0.1, 0.15) is 6.54 Å². The number of methoxy groups -OCH3 is 2. The first-order chi connectivity index (χ1) is 16.3. The maximum absolute atomic E-state index is 13.8. The summed E-state index contributed by atoms with van der Waals surface area (Å²) in [5, 5.41) is 0. The van der Waals surface area contributed by atoms with E-state index in [4.69, 9.17) is 9.47 Å². The van der Waals surface area contributed by atoms with Crippen LogP contribution in [0.3, 0.4) is 0 Å². The van der Waals surface area contributed by atoms with Crippen LogP contribution in [0.1, 0.15) is 18.1 Å². The van der Waals surface area contributed by atoms with Crippen LogP contribution in [0.15, 0.2) is 71.6 Å². The average Bonchev–Trinajstić information content (AvgIpc) is 3.17. The Morgan fingerprint density at radius 1 is 1.00 bits per heavy atom. The maximum Gasteiger partial charge on any atom is 0.264 e. The fourth-order valence-corrected chi connectivity index (χ4v) is 5.68. The Bertz CT molecular complexity index is 1310. The van der Waals surface area contributed by atoms with Crippen LogP contribution in [0, 0.1) is 6.92 Å². The van der Waals surface area contributed by atoms with Gasteiger partial charge in [-0.2, -0.15) is 0 Å². The molecule has 0 fully saturated rings. The summed E-state index contributed by atoms with van der Waals surface area (Å²) in [5.41, 5.74) is 3.14. The van der Waals surface area contributed by atoms with E-state index in [9.17, 15) is 13.2 Å². The summed E-state index contributed by atoms with van der Waals surface area (Å²) >= 11 is 0. The molecule has 0 spiro atoms. The van der Waals surface area contributed by atoms with Crippen LogP contribution in [0.4, 0.5) is 11.4 Å². The Kier molecular flexibility index (Phi) is 6.52. The number of aryl methyl sites for hydroxylation is 1. The number of nitrogens with zero attached hydrogens (tertiary/aromatic N) is 2. The first-order valence-electron chi connectivity index (χ1n) is 11.0. The molecule has 1 aliphatic heterocycles. The molecule has 0 unspecified atom stereocenters. The second-order valence-electron chi connectivity index (χ2n) is 8.31. The Morgan fingerprint density at radius 3 is 2.35 bits per heavy atom. The Balaban J connectivity index is 1.77. The van der Waals surface area contributed by atoms with E-state index in [2.05, 4.69) is 0 Å². The van der Waals surface area contributed by atoms with Crippen molar-refractivity contribution in [3.05, 3.63) is 77.9 Å².